The summed E-state index contributed by atoms with van der Waals surface area (Å²) in [5.41, 5.74) is 2.72. The van der Waals surface area contributed by atoms with Crippen LogP contribution in [0.2, 0.25) is 5.02 Å². The van der Waals surface area contributed by atoms with Crippen molar-refractivity contribution in [1.29, 1.82) is 0 Å². The van der Waals surface area contributed by atoms with E-state index in [1.165, 1.54) is 24.1 Å². The SMILES string of the molecule is COc1ccc(S(=O)(=O)N(CC(=O)N(Cc2ccccc2Cl)C(Cc2ccccc2)C(=O)NC(C)C)c2ccc(C)cc2)cc1. The number of aryl methyl sites for hydroxylation is 1. The number of benzene rings is 4. The molecular formula is C35H38ClN3O5S. The van der Waals surface area contributed by atoms with Crippen molar-refractivity contribution in [2.45, 2.75) is 50.7 Å². The number of methoxy groups -OCH3 is 1. The molecule has 1 unspecified atom stereocenters. The molecule has 0 aromatic heterocycles. The van der Waals surface area contributed by atoms with Crippen LogP contribution < -0.4 is 14.4 Å². The molecule has 4 rings (SSSR count). The van der Waals surface area contributed by atoms with Crippen molar-refractivity contribution < 1.29 is 22.7 Å². The van der Waals surface area contributed by atoms with E-state index in [1.807, 2.05) is 51.1 Å². The van der Waals surface area contributed by atoms with Crippen LogP contribution in [0.25, 0.3) is 0 Å². The number of hydrogen-bond acceptors (Lipinski definition) is 5. The van der Waals surface area contributed by atoms with Crippen LogP contribution in [0, 0.1) is 6.92 Å². The molecule has 0 saturated carbocycles. The second-order valence-corrected chi connectivity index (χ2v) is 13.3. The Morgan fingerprint density at radius 1 is 0.867 bits per heavy atom. The summed E-state index contributed by atoms with van der Waals surface area (Å²) >= 11 is 6.54. The summed E-state index contributed by atoms with van der Waals surface area (Å²) in [4.78, 5) is 29.7. The summed E-state index contributed by atoms with van der Waals surface area (Å²) < 4.78 is 34.6. The standard InChI is InChI=1S/C35H38ClN3O5S/c1-25(2)37-35(41)33(22-27-10-6-5-7-11-27)38(23-28-12-8-9-13-32(28)36)34(40)24-39(29-16-14-26(3)15-17-29)45(42,43)31-20-18-30(44-4)19-21-31/h5-21,25,33H,22-24H2,1-4H3,(H,37,41). The molecule has 2 amide bonds. The third-order valence-corrected chi connectivity index (χ3v) is 9.41. The first-order valence-corrected chi connectivity index (χ1v) is 16.4. The van der Waals surface area contributed by atoms with Crippen molar-refractivity contribution in [2.75, 3.05) is 18.0 Å². The predicted octanol–water partition coefficient (Wildman–Crippen LogP) is 6.02. The number of hydrogen-bond donors (Lipinski definition) is 1. The fraction of sp³-hybridized carbons (Fsp3) is 0.257. The fourth-order valence-corrected chi connectivity index (χ4v) is 6.47. The second kappa shape index (κ2) is 15.1. The minimum absolute atomic E-state index is 0.00675. The Labute approximate surface area is 270 Å². The van der Waals surface area contributed by atoms with Crippen molar-refractivity contribution in [3.63, 3.8) is 0 Å². The van der Waals surface area contributed by atoms with Gasteiger partial charge < -0.3 is 15.0 Å². The Hall–Kier alpha value is -4.34. The Balaban J connectivity index is 1.81. The lowest BCUT2D eigenvalue weighted by atomic mass is 10.0. The fourth-order valence-electron chi connectivity index (χ4n) is 4.86. The van der Waals surface area contributed by atoms with Gasteiger partial charge in [-0.25, -0.2) is 8.42 Å². The lowest BCUT2D eigenvalue weighted by molar-refractivity contribution is -0.140. The highest BCUT2D eigenvalue weighted by molar-refractivity contribution is 7.92. The zero-order valence-electron chi connectivity index (χ0n) is 25.8. The maximum Gasteiger partial charge on any atom is 0.264 e. The zero-order valence-corrected chi connectivity index (χ0v) is 27.4. The number of nitrogens with one attached hydrogen (secondary N) is 1. The van der Waals surface area contributed by atoms with Crippen LogP contribution in [-0.2, 0) is 32.6 Å². The molecular weight excluding hydrogens is 610 g/mol. The lowest BCUT2D eigenvalue weighted by Gasteiger charge is -2.34. The van der Waals surface area contributed by atoms with E-state index in [4.69, 9.17) is 16.3 Å². The van der Waals surface area contributed by atoms with E-state index < -0.39 is 28.5 Å². The first kappa shape index (κ1) is 33.6. The Morgan fingerprint density at radius 2 is 1.49 bits per heavy atom. The van der Waals surface area contributed by atoms with Gasteiger partial charge in [-0.1, -0.05) is 77.8 Å². The van der Waals surface area contributed by atoms with Crippen molar-refractivity contribution in [3.8, 4) is 5.75 Å². The monoisotopic (exact) mass is 647 g/mol. The summed E-state index contributed by atoms with van der Waals surface area (Å²) in [6.45, 7) is 5.02. The first-order valence-electron chi connectivity index (χ1n) is 14.6. The molecule has 0 aliphatic carbocycles. The van der Waals surface area contributed by atoms with E-state index >= 15 is 0 Å². The molecule has 0 saturated heterocycles. The van der Waals surface area contributed by atoms with E-state index in [9.17, 15) is 18.0 Å². The maximum atomic E-state index is 14.5. The normalized spacial score (nSPS) is 12.0. The number of ether oxygens (including phenoxy) is 1. The summed E-state index contributed by atoms with van der Waals surface area (Å²) in [6.07, 6.45) is 0.214. The maximum absolute atomic E-state index is 14.5. The molecule has 0 heterocycles. The number of nitrogens with zero attached hydrogens (tertiary/aromatic N) is 2. The van der Waals surface area contributed by atoms with Crippen LogP contribution in [0.4, 0.5) is 5.69 Å². The van der Waals surface area contributed by atoms with Gasteiger partial charge >= 0.3 is 0 Å². The molecule has 10 heteroatoms. The highest BCUT2D eigenvalue weighted by Crippen LogP contribution is 2.27. The van der Waals surface area contributed by atoms with Gasteiger partial charge in [0.2, 0.25) is 11.8 Å². The van der Waals surface area contributed by atoms with Crippen molar-refractivity contribution >= 4 is 39.1 Å². The van der Waals surface area contributed by atoms with Crippen molar-refractivity contribution in [1.82, 2.24) is 10.2 Å². The smallest absolute Gasteiger partial charge is 0.264 e. The number of amides is 2. The van der Waals surface area contributed by atoms with Crippen LogP contribution in [0.3, 0.4) is 0 Å². The molecule has 0 fully saturated rings. The predicted molar refractivity (Wildman–Crippen MR) is 178 cm³/mol. The molecule has 45 heavy (non-hydrogen) atoms. The molecule has 236 valence electrons. The second-order valence-electron chi connectivity index (χ2n) is 11.0. The van der Waals surface area contributed by atoms with Crippen LogP contribution in [0.1, 0.15) is 30.5 Å². The third-order valence-electron chi connectivity index (χ3n) is 7.25. The van der Waals surface area contributed by atoms with Gasteiger partial charge in [0.05, 0.1) is 17.7 Å². The van der Waals surface area contributed by atoms with Gasteiger partial charge in [-0.05, 0) is 74.4 Å². The number of carbonyl (C=O) groups is 2. The van der Waals surface area contributed by atoms with Crippen LogP contribution in [0.5, 0.6) is 5.75 Å². The van der Waals surface area contributed by atoms with E-state index in [-0.39, 0.29) is 29.8 Å². The quantitative estimate of drug-likeness (QED) is 0.192. The topological polar surface area (TPSA) is 96.0 Å². The van der Waals surface area contributed by atoms with E-state index in [0.29, 0.717) is 22.0 Å². The summed E-state index contributed by atoms with van der Waals surface area (Å²) in [5, 5.41) is 3.38. The van der Waals surface area contributed by atoms with Gasteiger partial charge in [-0.3, -0.25) is 13.9 Å². The molecule has 0 bridgehead atoms. The van der Waals surface area contributed by atoms with Gasteiger partial charge in [0, 0.05) is 24.0 Å². The average molecular weight is 648 g/mol. The lowest BCUT2D eigenvalue weighted by Crippen LogP contribution is -2.54. The average Bonchev–Trinajstić information content (AvgIpc) is 3.03. The van der Waals surface area contributed by atoms with Gasteiger partial charge in [0.1, 0.15) is 18.3 Å². The molecule has 0 aliphatic rings. The summed E-state index contributed by atoms with van der Waals surface area (Å²) in [6, 6.07) is 28.2. The molecule has 1 atom stereocenters. The van der Waals surface area contributed by atoms with E-state index in [2.05, 4.69) is 5.32 Å². The van der Waals surface area contributed by atoms with Gasteiger partial charge in [0.25, 0.3) is 10.0 Å². The Morgan fingerprint density at radius 3 is 2.09 bits per heavy atom. The van der Waals surface area contributed by atoms with Gasteiger partial charge in [-0.15, -0.1) is 0 Å². The first-order chi connectivity index (χ1) is 21.5. The zero-order chi connectivity index (χ0) is 32.6. The van der Waals surface area contributed by atoms with E-state index in [1.54, 1.807) is 60.7 Å². The minimum Gasteiger partial charge on any atom is -0.497 e. The molecule has 4 aromatic rings. The number of rotatable bonds is 13. The van der Waals surface area contributed by atoms with Crippen molar-refractivity contribution in [2.24, 2.45) is 0 Å². The number of carbonyl (C=O) groups excluding carboxylic acids is 2. The third kappa shape index (κ3) is 8.65. The number of anilines is 1. The number of halogens is 1. The molecule has 0 radical (unpaired) electrons. The Kier molecular flexibility index (Phi) is 11.3. The highest BCUT2D eigenvalue weighted by atomic mass is 35.5. The minimum atomic E-state index is -4.22. The molecule has 0 spiro atoms. The largest absolute Gasteiger partial charge is 0.497 e. The molecule has 1 N–H and O–H groups in total. The molecule has 4 aromatic carbocycles. The molecule has 8 nitrogen and oxygen atoms in total. The van der Waals surface area contributed by atoms with E-state index in [0.717, 1.165) is 15.4 Å². The van der Waals surface area contributed by atoms with Crippen LogP contribution in [-0.4, -0.2) is 50.9 Å². The van der Waals surface area contributed by atoms with Gasteiger partial charge in [0.15, 0.2) is 0 Å². The number of sulfonamides is 1. The summed E-state index contributed by atoms with van der Waals surface area (Å²) in [7, 11) is -2.73. The van der Waals surface area contributed by atoms with Crippen molar-refractivity contribution in [3.05, 3.63) is 125 Å². The van der Waals surface area contributed by atoms with Crippen LogP contribution in [0.15, 0.2) is 108 Å². The highest BCUT2D eigenvalue weighted by Gasteiger charge is 2.35. The van der Waals surface area contributed by atoms with Crippen LogP contribution >= 0.6 is 11.6 Å². The molecule has 0 aliphatic heterocycles. The summed E-state index contributed by atoms with van der Waals surface area (Å²) in [5.74, 6) is -0.417. The van der Waals surface area contributed by atoms with Gasteiger partial charge in [-0.2, -0.15) is 0 Å². The Bertz CT molecular complexity index is 1700.